The SMILES string of the molecule is C=CCCC1CCC(CCC2CCC(c3c[c-]c(C)c(F)c3)CC2)CC1.[La]. The number of hydrogen-bond donors (Lipinski definition) is 0. The number of rotatable bonds is 7. The van der Waals surface area contributed by atoms with Gasteiger partial charge in [0.15, 0.2) is 0 Å². The van der Waals surface area contributed by atoms with E-state index < -0.39 is 0 Å². The molecule has 2 aliphatic carbocycles. The van der Waals surface area contributed by atoms with Crippen LogP contribution in [0, 0.1) is 72.2 Å². The Morgan fingerprint density at radius 2 is 1.48 bits per heavy atom. The van der Waals surface area contributed by atoms with E-state index in [2.05, 4.69) is 18.7 Å². The zero-order chi connectivity index (χ0) is 18.4. The van der Waals surface area contributed by atoms with Crippen LogP contribution in [0.3, 0.4) is 0 Å². The summed E-state index contributed by atoms with van der Waals surface area (Å²) in [5, 5.41) is 0. The average molecular weight is 494 g/mol. The van der Waals surface area contributed by atoms with E-state index in [0.29, 0.717) is 11.5 Å². The quantitative estimate of drug-likeness (QED) is 0.268. The van der Waals surface area contributed by atoms with Gasteiger partial charge in [-0.2, -0.15) is 17.7 Å². The van der Waals surface area contributed by atoms with E-state index in [1.54, 1.807) is 13.0 Å². The zero-order valence-corrected chi connectivity index (χ0v) is 20.8. The van der Waals surface area contributed by atoms with Crippen LogP contribution in [0.4, 0.5) is 4.39 Å². The van der Waals surface area contributed by atoms with E-state index in [0.717, 1.165) is 17.8 Å². The molecule has 1 aromatic rings. The zero-order valence-electron chi connectivity index (χ0n) is 17.2. The van der Waals surface area contributed by atoms with E-state index in [1.165, 1.54) is 82.6 Å². The van der Waals surface area contributed by atoms with Gasteiger partial charge in [-0.15, -0.1) is 18.2 Å². The topological polar surface area (TPSA) is 0 Å². The van der Waals surface area contributed by atoms with Gasteiger partial charge >= 0.3 is 0 Å². The Hall–Kier alpha value is 0.0848. The van der Waals surface area contributed by atoms with Gasteiger partial charge in [0.1, 0.15) is 0 Å². The van der Waals surface area contributed by atoms with Crippen molar-refractivity contribution in [2.45, 2.75) is 89.9 Å². The third-order valence-corrected chi connectivity index (χ3v) is 7.15. The molecule has 0 saturated heterocycles. The van der Waals surface area contributed by atoms with Gasteiger partial charge in [0.05, 0.1) is 0 Å². The number of benzene rings is 1. The first-order chi connectivity index (χ1) is 12.7. The largest absolute Gasteiger partial charge is 0.284 e. The summed E-state index contributed by atoms with van der Waals surface area (Å²) >= 11 is 0. The molecule has 0 aliphatic heterocycles. The molecule has 0 spiro atoms. The molecular weight excluding hydrogens is 458 g/mol. The van der Waals surface area contributed by atoms with Gasteiger partial charge in [0.2, 0.25) is 0 Å². The Bertz CT molecular complexity index is 566. The molecule has 2 heteroatoms. The first kappa shape index (κ1) is 23.4. The molecule has 0 N–H and O–H groups in total. The molecule has 0 bridgehead atoms. The van der Waals surface area contributed by atoms with Crippen molar-refractivity contribution in [1.29, 1.82) is 0 Å². The van der Waals surface area contributed by atoms with Crippen molar-refractivity contribution in [3.8, 4) is 0 Å². The van der Waals surface area contributed by atoms with Crippen LogP contribution in [0.15, 0.2) is 24.8 Å². The Labute approximate surface area is 194 Å². The van der Waals surface area contributed by atoms with Crippen molar-refractivity contribution >= 4 is 0 Å². The predicted molar refractivity (Wildman–Crippen MR) is 109 cm³/mol. The minimum Gasteiger partial charge on any atom is -0.284 e. The summed E-state index contributed by atoms with van der Waals surface area (Å²) in [6.07, 6.45) is 18.4. The molecule has 27 heavy (non-hydrogen) atoms. The molecule has 1 aromatic carbocycles. The van der Waals surface area contributed by atoms with E-state index in [-0.39, 0.29) is 41.4 Å². The normalized spacial score (nSPS) is 28.4. The summed E-state index contributed by atoms with van der Waals surface area (Å²) in [5.41, 5.74) is 1.81. The van der Waals surface area contributed by atoms with Gasteiger partial charge in [0.25, 0.3) is 0 Å². The second-order valence-electron chi connectivity index (χ2n) is 8.95. The van der Waals surface area contributed by atoms with Gasteiger partial charge in [0, 0.05) is 41.4 Å². The van der Waals surface area contributed by atoms with Crippen LogP contribution in [0.1, 0.15) is 94.1 Å². The fourth-order valence-corrected chi connectivity index (χ4v) is 5.21. The van der Waals surface area contributed by atoms with Crippen molar-refractivity contribution in [3.05, 3.63) is 47.8 Å². The first-order valence-corrected chi connectivity index (χ1v) is 10.9. The van der Waals surface area contributed by atoms with E-state index in [9.17, 15) is 4.39 Å². The standard InChI is InChI=1S/C25H36F.La/c1-3-4-5-20-7-9-21(10-8-20)11-12-22-13-16-23(17-14-22)24-15-6-19(2)25(26)18-24;/h3,15,18,20-23H,1,4-5,7-14,16-17H2,2H3;/q-1;. The van der Waals surface area contributed by atoms with Crippen molar-refractivity contribution in [1.82, 2.24) is 0 Å². The second-order valence-corrected chi connectivity index (χ2v) is 8.95. The van der Waals surface area contributed by atoms with Crippen molar-refractivity contribution in [2.24, 2.45) is 17.8 Å². The maximum Gasteiger partial charge on any atom is 0.0119 e. The van der Waals surface area contributed by atoms with E-state index in [4.69, 9.17) is 0 Å². The summed E-state index contributed by atoms with van der Waals surface area (Å²) in [7, 11) is 0. The van der Waals surface area contributed by atoms with Crippen LogP contribution in [0.25, 0.3) is 0 Å². The fourth-order valence-electron chi connectivity index (χ4n) is 5.21. The predicted octanol–water partition coefficient (Wildman–Crippen LogP) is 7.76. The fraction of sp³-hybridized carbons (Fsp3) is 0.680. The Balaban J connectivity index is 0.00000261. The molecule has 1 radical (unpaired) electrons. The minimum atomic E-state index is -0.0895. The van der Waals surface area contributed by atoms with E-state index >= 15 is 0 Å². The summed E-state index contributed by atoms with van der Waals surface area (Å²) in [5.74, 6) is 3.31. The van der Waals surface area contributed by atoms with E-state index in [1.807, 2.05) is 6.07 Å². The Morgan fingerprint density at radius 1 is 0.963 bits per heavy atom. The monoisotopic (exact) mass is 494 g/mol. The molecule has 0 atom stereocenters. The number of halogens is 1. The van der Waals surface area contributed by atoms with Crippen molar-refractivity contribution in [3.63, 3.8) is 0 Å². The van der Waals surface area contributed by atoms with Crippen LogP contribution >= 0.6 is 0 Å². The average Bonchev–Trinajstić information content (AvgIpc) is 2.68. The van der Waals surface area contributed by atoms with Crippen molar-refractivity contribution < 1.29 is 40.0 Å². The third kappa shape index (κ3) is 7.12. The minimum absolute atomic E-state index is 0. The summed E-state index contributed by atoms with van der Waals surface area (Å²) < 4.78 is 13.8. The third-order valence-electron chi connectivity index (χ3n) is 7.15. The van der Waals surface area contributed by atoms with Crippen LogP contribution in [0.2, 0.25) is 0 Å². The molecule has 2 aliphatic rings. The molecule has 0 heterocycles. The smallest absolute Gasteiger partial charge is 0.0119 e. The van der Waals surface area contributed by atoms with Crippen LogP contribution < -0.4 is 0 Å². The summed E-state index contributed by atoms with van der Waals surface area (Å²) in [4.78, 5) is 0. The van der Waals surface area contributed by atoms with Gasteiger partial charge in [-0.1, -0.05) is 83.1 Å². The molecule has 0 aromatic heterocycles. The van der Waals surface area contributed by atoms with Crippen LogP contribution in [-0.2, 0) is 0 Å². The Morgan fingerprint density at radius 3 is 2.00 bits per heavy atom. The maximum atomic E-state index is 13.8. The van der Waals surface area contributed by atoms with Gasteiger partial charge in [-0.05, 0) is 30.6 Å². The maximum absolute atomic E-state index is 13.8. The van der Waals surface area contributed by atoms with Crippen molar-refractivity contribution in [2.75, 3.05) is 0 Å². The molecule has 0 unspecified atom stereocenters. The molecule has 3 rings (SSSR count). The van der Waals surface area contributed by atoms with Gasteiger partial charge in [-0.25, -0.2) is 0 Å². The van der Waals surface area contributed by atoms with Crippen LogP contribution in [0.5, 0.6) is 0 Å². The molecule has 147 valence electrons. The molecular formula is C25H36FLa-. The molecule has 0 nitrogen and oxygen atoms in total. The van der Waals surface area contributed by atoms with Crippen LogP contribution in [-0.4, -0.2) is 0 Å². The second kappa shape index (κ2) is 11.9. The molecule has 0 amide bonds. The summed E-state index contributed by atoms with van der Waals surface area (Å²) in [6, 6.07) is 6.85. The number of aryl methyl sites for hydroxylation is 1. The first-order valence-electron chi connectivity index (χ1n) is 10.9. The molecule has 2 saturated carbocycles. The molecule has 2 fully saturated rings. The number of allylic oxidation sites excluding steroid dienone is 1. The Kier molecular flexibility index (Phi) is 10.3. The van der Waals surface area contributed by atoms with Gasteiger partial charge in [-0.3, -0.25) is 4.39 Å². The number of hydrogen-bond acceptors (Lipinski definition) is 0. The van der Waals surface area contributed by atoms with Gasteiger partial charge < -0.3 is 0 Å². The summed E-state index contributed by atoms with van der Waals surface area (Å²) in [6.45, 7) is 5.65.